The zero-order chi connectivity index (χ0) is 25.1. The van der Waals surface area contributed by atoms with Crippen LogP contribution in [-0.2, 0) is 13.5 Å². The third-order valence-electron chi connectivity index (χ3n) is 5.56. The number of fused-ring (bicyclic) bond motifs is 1. The fraction of sp³-hybridized carbons (Fsp3) is 0.560. The lowest BCUT2D eigenvalue weighted by Gasteiger charge is -2.16. The number of rotatable bonds is 10. The van der Waals surface area contributed by atoms with Crippen LogP contribution in [0, 0.1) is 17.3 Å². The van der Waals surface area contributed by atoms with E-state index in [-0.39, 0.29) is 11.5 Å². The Morgan fingerprint density at radius 2 is 2.06 bits per heavy atom. The fourth-order valence-corrected chi connectivity index (χ4v) is 3.10. The normalized spacial score (nSPS) is 14.4. The van der Waals surface area contributed by atoms with Crippen molar-refractivity contribution in [3.05, 3.63) is 49.6 Å². The molecule has 9 heteroatoms. The molecule has 3 aromatic rings. The Balaban J connectivity index is 0.000000292. The predicted molar refractivity (Wildman–Crippen MR) is 137 cm³/mol. The van der Waals surface area contributed by atoms with Crippen LogP contribution in [0.1, 0.15) is 53.4 Å². The van der Waals surface area contributed by atoms with E-state index in [4.69, 9.17) is 10.2 Å². The largest absolute Gasteiger partial charge is 0.428 e. The molecule has 3 aromatic heterocycles. The predicted octanol–water partition coefficient (Wildman–Crippen LogP) is 4.56. The minimum atomic E-state index is 0.0988. The van der Waals surface area contributed by atoms with E-state index < -0.39 is 0 Å². The highest BCUT2D eigenvalue weighted by Crippen LogP contribution is 2.16. The number of aryl methyl sites for hydroxylation is 1. The number of nitrogens with one attached hydrogen (secondary N) is 1. The molecule has 0 fully saturated rings. The Morgan fingerprint density at radius 3 is 2.68 bits per heavy atom. The topological polar surface area (TPSA) is 121 Å². The van der Waals surface area contributed by atoms with Gasteiger partial charge < -0.3 is 20.0 Å². The second-order valence-corrected chi connectivity index (χ2v) is 9.68. The summed E-state index contributed by atoms with van der Waals surface area (Å²) in [6.45, 7) is 15.2. The number of nitrogens with zero attached hydrogens (tertiary/aromatic N) is 6. The van der Waals surface area contributed by atoms with Crippen LogP contribution in [-0.4, -0.2) is 42.3 Å². The third-order valence-corrected chi connectivity index (χ3v) is 5.56. The molecule has 9 nitrogen and oxygen atoms in total. The highest BCUT2D eigenvalue weighted by Gasteiger charge is 2.12. The summed E-state index contributed by atoms with van der Waals surface area (Å²) >= 11 is 0. The zero-order valence-corrected chi connectivity index (χ0v) is 21.4. The molecule has 3 heterocycles. The molecule has 34 heavy (non-hydrogen) atoms. The monoisotopic (exact) mass is 468 g/mol. The van der Waals surface area contributed by atoms with Crippen molar-refractivity contribution in [3.8, 4) is 0 Å². The van der Waals surface area contributed by atoms with E-state index in [1.165, 1.54) is 6.39 Å². The zero-order valence-electron chi connectivity index (χ0n) is 21.4. The molecule has 0 aliphatic carbocycles. The van der Waals surface area contributed by atoms with Crippen LogP contribution >= 0.6 is 0 Å². The van der Waals surface area contributed by atoms with Gasteiger partial charge in [0, 0.05) is 26.1 Å². The maximum absolute atomic E-state index is 5.88. The van der Waals surface area contributed by atoms with Crippen LogP contribution in [0.5, 0.6) is 0 Å². The van der Waals surface area contributed by atoms with Gasteiger partial charge in [0.1, 0.15) is 5.52 Å². The van der Waals surface area contributed by atoms with Gasteiger partial charge in [-0.2, -0.15) is 4.98 Å². The number of imidazole rings is 1. The van der Waals surface area contributed by atoms with Crippen LogP contribution < -0.4 is 11.1 Å². The quantitative estimate of drug-likeness (QED) is 0.416. The van der Waals surface area contributed by atoms with Crippen molar-refractivity contribution in [3.63, 3.8) is 0 Å². The Kier molecular flexibility index (Phi) is 10.4. The summed E-state index contributed by atoms with van der Waals surface area (Å²) in [6, 6.07) is 0.0988. The summed E-state index contributed by atoms with van der Waals surface area (Å²) in [7, 11) is 1.93. The Bertz CT molecular complexity index is 1020. The molecular formula is C25H40N8O. The standard InChI is InChI=1S/C14H19N7O.C11H21N/c1-3-10(6-12-20-18-9-22-12)4-5-15-14-16-7-11-13(19-14)17-8-21(11)2;1-6-9(2)10(12)7-8-11(3,4)5/h7-10H,3-6H2,1-2H3,(H,15,16,19);6-10H,1,12H2,2-5H3/b;8-7+. The van der Waals surface area contributed by atoms with Crippen molar-refractivity contribution in [1.82, 2.24) is 29.7 Å². The lowest BCUT2D eigenvalue weighted by molar-refractivity contribution is 0.405. The molecule has 0 saturated heterocycles. The van der Waals surface area contributed by atoms with Crippen LogP contribution in [0.3, 0.4) is 0 Å². The molecule has 0 saturated carbocycles. The molecule has 186 valence electrons. The maximum Gasteiger partial charge on any atom is 0.224 e. The maximum atomic E-state index is 5.88. The summed E-state index contributed by atoms with van der Waals surface area (Å²) in [4.78, 5) is 12.9. The highest BCUT2D eigenvalue weighted by atomic mass is 16.4. The van der Waals surface area contributed by atoms with Crippen LogP contribution in [0.4, 0.5) is 5.95 Å². The highest BCUT2D eigenvalue weighted by molar-refractivity contribution is 5.70. The summed E-state index contributed by atoms with van der Waals surface area (Å²) in [5.74, 6) is 2.15. The van der Waals surface area contributed by atoms with E-state index in [9.17, 15) is 0 Å². The number of hydrogen-bond donors (Lipinski definition) is 2. The number of allylic oxidation sites excluding steroid dienone is 1. The van der Waals surface area contributed by atoms with Crippen molar-refractivity contribution < 1.29 is 4.42 Å². The van der Waals surface area contributed by atoms with Crippen LogP contribution in [0.25, 0.3) is 11.2 Å². The van der Waals surface area contributed by atoms with Crippen LogP contribution in [0.2, 0.25) is 0 Å². The third kappa shape index (κ3) is 9.05. The summed E-state index contributed by atoms with van der Waals surface area (Å²) in [6.07, 6.45) is 13.8. The van der Waals surface area contributed by atoms with Gasteiger partial charge >= 0.3 is 0 Å². The average molecular weight is 469 g/mol. The Labute approximate surface area is 203 Å². The van der Waals surface area contributed by atoms with E-state index >= 15 is 0 Å². The van der Waals surface area contributed by atoms with Gasteiger partial charge in [-0.25, -0.2) is 9.97 Å². The van der Waals surface area contributed by atoms with Gasteiger partial charge in [-0.15, -0.1) is 16.8 Å². The first-order valence-electron chi connectivity index (χ1n) is 11.8. The summed E-state index contributed by atoms with van der Waals surface area (Å²) in [5.41, 5.74) is 7.73. The first kappa shape index (κ1) is 27.2. The Hall–Kier alpha value is -3.07. The summed E-state index contributed by atoms with van der Waals surface area (Å²) < 4.78 is 7.10. The Morgan fingerprint density at radius 1 is 1.29 bits per heavy atom. The molecule has 3 atom stereocenters. The number of nitrogens with two attached hydrogens (primary N) is 1. The van der Waals surface area contributed by atoms with Gasteiger partial charge in [0.05, 0.1) is 12.5 Å². The van der Waals surface area contributed by atoms with E-state index in [0.717, 1.165) is 31.3 Å². The minimum absolute atomic E-state index is 0.0988. The lowest BCUT2D eigenvalue weighted by atomic mass is 9.93. The molecular weight excluding hydrogens is 428 g/mol. The van der Waals surface area contributed by atoms with E-state index in [0.29, 0.717) is 29.3 Å². The molecule has 0 aromatic carbocycles. The smallest absolute Gasteiger partial charge is 0.224 e. The number of hydrogen-bond acceptors (Lipinski definition) is 8. The second kappa shape index (κ2) is 13.0. The minimum Gasteiger partial charge on any atom is -0.428 e. The average Bonchev–Trinajstić information content (AvgIpc) is 3.45. The van der Waals surface area contributed by atoms with Gasteiger partial charge in [0.2, 0.25) is 18.2 Å². The lowest BCUT2D eigenvalue weighted by Crippen LogP contribution is -2.24. The molecule has 3 rings (SSSR count). The van der Waals surface area contributed by atoms with Crippen molar-refractivity contribution in [2.24, 2.45) is 30.0 Å². The van der Waals surface area contributed by atoms with Gasteiger partial charge in [0.15, 0.2) is 5.65 Å². The molecule has 3 N–H and O–H groups in total. The number of anilines is 1. The van der Waals surface area contributed by atoms with E-state index in [1.807, 2.05) is 17.7 Å². The van der Waals surface area contributed by atoms with E-state index in [2.05, 4.69) is 83.8 Å². The molecule has 0 aliphatic heterocycles. The molecule has 0 radical (unpaired) electrons. The first-order chi connectivity index (χ1) is 16.1. The van der Waals surface area contributed by atoms with E-state index in [1.54, 1.807) is 12.5 Å². The molecule has 0 amide bonds. The summed E-state index contributed by atoms with van der Waals surface area (Å²) in [5, 5.41) is 10.9. The first-order valence-corrected chi connectivity index (χ1v) is 11.8. The van der Waals surface area contributed by atoms with Gasteiger partial charge in [-0.1, -0.05) is 59.3 Å². The molecule has 3 unspecified atom stereocenters. The van der Waals surface area contributed by atoms with Crippen molar-refractivity contribution in [1.29, 1.82) is 0 Å². The van der Waals surface area contributed by atoms with Crippen molar-refractivity contribution in [2.45, 2.75) is 59.9 Å². The second-order valence-electron chi connectivity index (χ2n) is 9.68. The molecule has 0 spiro atoms. The van der Waals surface area contributed by atoms with Crippen molar-refractivity contribution >= 4 is 17.1 Å². The van der Waals surface area contributed by atoms with Gasteiger partial charge in [-0.3, -0.25) is 0 Å². The van der Waals surface area contributed by atoms with Gasteiger partial charge in [0.25, 0.3) is 0 Å². The molecule has 0 aliphatic rings. The SMILES string of the molecule is C=CC(C)C(N)/C=C/C(C)(C)C.CCC(CCNc1ncc2c(ncn2C)n1)Cc1nnco1. The fourth-order valence-electron chi connectivity index (χ4n) is 3.10. The number of aromatic nitrogens is 6. The van der Waals surface area contributed by atoms with Crippen LogP contribution in [0.15, 0.2) is 48.1 Å². The molecule has 0 bridgehead atoms. The van der Waals surface area contributed by atoms with Gasteiger partial charge in [-0.05, 0) is 23.7 Å². The van der Waals surface area contributed by atoms with Crippen molar-refractivity contribution in [2.75, 3.05) is 11.9 Å².